The summed E-state index contributed by atoms with van der Waals surface area (Å²) in [7, 11) is 0. The van der Waals surface area contributed by atoms with Crippen molar-refractivity contribution < 1.29 is 4.92 Å². The van der Waals surface area contributed by atoms with Crippen molar-refractivity contribution in [3.05, 3.63) is 34.4 Å². The minimum atomic E-state index is -0.348. The quantitative estimate of drug-likeness (QED) is 0.678. The fourth-order valence-corrected chi connectivity index (χ4v) is 2.72. The number of non-ortho nitro benzene ring substituents is 1. The Hall–Kier alpha value is -1.62. The number of likely N-dealkylation sites (tertiary alicyclic amines) is 1. The number of anilines is 1. The maximum Gasteiger partial charge on any atom is 0.271 e. The Kier molecular flexibility index (Phi) is 4.95. The minimum Gasteiger partial charge on any atom is -0.382 e. The Morgan fingerprint density at radius 1 is 1.35 bits per heavy atom. The fourth-order valence-electron chi connectivity index (χ4n) is 2.72. The third-order valence-electron chi connectivity index (χ3n) is 3.92. The van der Waals surface area contributed by atoms with E-state index in [9.17, 15) is 10.1 Å². The second-order valence-electron chi connectivity index (χ2n) is 5.71. The molecular weight excluding hydrogens is 254 g/mol. The van der Waals surface area contributed by atoms with Crippen LogP contribution in [0.4, 0.5) is 11.4 Å². The molecule has 1 heterocycles. The van der Waals surface area contributed by atoms with Gasteiger partial charge in [0, 0.05) is 36.4 Å². The topological polar surface area (TPSA) is 58.4 Å². The van der Waals surface area contributed by atoms with E-state index in [1.54, 1.807) is 12.1 Å². The largest absolute Gasteiger partial charge is 0.382 e. The highest BCUT2D eigenvalue weighted by atomic mass is 16.6. The zero-order valence-electron chi connectivity index (χ0n) is 12.2. The highest BCUT2D eigenvalue weighted by Gasteiger charge is 2.18. The van der Waals surface area contributed by atoms with Gasteiger partial charge in [0.15, 0.2) is 0 Å². The van der Waals surface area contributed by atoms with Gasteiger partial charge in [0.25, 0.3) is 5.69 Å². The van der Waals surface area contributed by atoms with E-state index < -0.39 is 0 Å². The molecule has 0 bridgehead atoms. The number of nitro benzene ring substituents is 1. The maximum absolute atomic E-state index is 10.8. The van der Waals surface area contributed by atoms with Crippen molar-refractivity contribution >= 4 is 11.4 Å². The SMILES string of the molecule is CC(C)N1CCCC(Nc2cccc([N+](=O)[O-])c2)CC1. The molecule has 1 atom stereocenters. The van der Waals surface area contributed by atoms with E-state index in [4.69, 9.17) is 0 Å². The lowest BCUT2D eigenvalue weighted by molar-refractivity contribution is -0.384. The molecule has 20 heavy (non-hydrogen) atoms. The first kappa shape index (κ1) is 14.8. The molecule has 5 heteroatoms. The molecule has 0 spiro atoms. The zero-order valence-corrected chi connectivity index (χ0v) is 12.2. The van der Waals surface area contributed by atoms with E-state index in [0.717, 1.165) is 31.6 Å². The number of nitrogens with zero attached hydrogens (tertiary/aromatic N) is 2. The summed E-state index contributed by atoms with van der Waals surface area (Å²) in [4.78, 5) is 12.9. The summed E-state index contributed by atoms with van der Waals surface area (Å²) in [5.74, 6) is 0. The van der Waals surface area contributed by atoms with Crippen LogP contribution >= 0.6 is 0 Å². The Labute approximate surface area is 120 Å². The van der Waals surface area contributed by atoms with E-state index in [0.29, 0.717) is 12.1 Å². The van der Waals surface area contributed by atoms with Crippen LogP contribution in [0, 0.1) is 10.1 Å². The van der Waals surface area contributed by atoms with Gasteiger partial charge in [-0.25, -0.2) is 0 Å². The fraction of sp³-hybridized carbons (Fsp3) is 0.600. The first-order chi connectivity index (χ1) is 9.56. The summed E-state index contributed by atoms with van der Waals surface area (Å²) in [6.45, 7) is 6.69. The highest BCUT2D eigenvalue weighted by molar-refractivity contribution is 5.51. The lowest BCUT2D eigenvalue weighted by atomic mass is 10.1. The molecular formula is C15H23N3O2. The molecule has 0 aliphatic carbocycles. The summed E-state index contributed by atoms with van der Waals surface area (Å²) in [5, 5.41) is 14.2. The Morgan fingerprint density at radius 3 is 2.85 bits per heavy atom. The van der Waals surface area contributed by atoms with Crippen LogP contribution < -0.4 is 5.32 Å². The van der Waals surface area contributed by atoms with Crippen LogP contribution in [0.25, 0.3) is 0 Å². The van der Waals surface area contributed by atoms with Crippen molar-refractivity contribution in [2.75, 3.05) is 18.4 Å². The summed E-state index contributed by atoms with van der Waals surface area (Å²) in [6.07, 6.45) is 3.37. The van der Waals surface area contributed by atoms with E-state index in [-0.39, 0.29) is 10.6 Å². The smallest absolute Gasteiger partial charge is 0.271 e. The monoisotopic (exact) mass is 277 g/mol. The summed E-state index contributed by atoms with van der Waals surface area (Å²) in [5.41, 5.74) is 0.995. The number of rotatable bonds is 4. The summed E-state index contributed by atoms with van der Waals surface area (Å²) in [6, 6.07) is 7.77. The van der Waals surface area contributed by atoms with E-state index in [1.807, 2.05) is 6.07 Å². The first-order valence-electron chi connectivity index (χ1n) is 7.31. The molecule has 1 aliphatic heterocycles. The number of benzene rings is 1. The van der Waals surface area contributed by atoms with Crippen molar-refractivity contribution in [3.63, 3.8) is 0 Å². The van der Waals surface area contributed by atoms with Crippen LogP contribution in [0.2, 0.25) is 0 Å². The van der Waals surface area contributed by atoms with Crippen molar-refractivity contribution in [2.24, 2.45) is 0 Å². The van der Waals surface area contributed by atoms with Crippen LogP contribution in [-0.4, -0.2) is 35.0 Å². The average Bonchev–Trinajstić information content (AvgIpc) is 2.65. The van der Waals surface area contributed by atoms with E-state index in [2.05, 4.69) is 24.1 Å². The molecule has 110 valence electrons. The predicted octanol–water partition coefficient (Wildman–Crippen LogP) is 3.27. The van der Waals surface area contributed by atoms with Crippen LogP contribution in [0.5, 0.6) is 0 Å². The molecule has 1 aromatic rings. The maximum atomic E-state index is 10.8. The molecule has 0 aromatic heterocycles. The van der Waals surface area contributed by atoms with Gasteiger partial charge in [0.05, 0.1) is 4.92 Å². The predicted molar refractivity (Wildman–Crippen MR) is 81.1 cm³/mol. The average molecular weight is 277 g/mol. The van der Waals surface area contributed by atoms with Gasteiger partial charge in [0.2, 0.25) is 0 Å². The molecule has 1 fully saturated rings. The number of hydrogen-bond donors (Lipinski definition) is 1. The third kappa shape index (κ3) is 3.93. The van der Waals surface area contributed by atoms with Gasteiger partial charge >= 0.3 is 0 Å². The Balaban J connectivity index is 1.96. The van der Waals surface area contributed by atoms with E-state index >= 15 is 0 Å². The number of nitrogens with one attached hydrogen (secondary N) is 1. The van der Waals surface area contributed by atoms with Gasteiger partial charge < -0.3 is 10.2 Å². The number of nitro groups is 1. The molecule has 1 unspecified atom stereocenters. The molecule has 0 saturated carbocycles. The minimum absolute atomic E-state index is 0.146. The molecule has 1 aromatic carbocycles. The van der Waals surface area contributed by atoms with Gasteiger partial charge in [-0.15, -0.1) is 0 Å². The van der Waals surface area contributed by atoms with E-state index in [1.165, 1.54) is 12.5 Å². The first-order valence-corrected chi connectivity index (χ1v) is 7.31. The Morgan fingerprint density at radius 2 is 2.15 bits per heavy atom. The molecule has 1 N–H and O–H groups in total. The zero-order chi connectivity index (χ0) is 14.5. The lowest BCUT2D eigenvalue weighted by Crippen LogP contribution is -2.32. The molecule has 0 radical (unpaired) electrons. The summed E-state index contributed by atoms with van der Waals surface area (Å²) < 4.78 is 0. The molecule has 2 rings (SSSR count). The Bertz CT molecular complexity index is 462. The highest BCUT2D eigenvalue weighted by Crippen LogP contribution is 2.21. The van der Waals surface area contributed by atoms with Gasteiger partial charge in [-0.05, 0) is 45.7 Å². The van der Waals surface area contributed by atoms with Crippen molar-refractivity contribution in [3.8, 4) is 0 Å². The van der Waals surface area contributed by atoms with Crippen molar-refractivity contribution in [1.29, 1.82) is 0 Å². The molecule has 5 nitrogen and oxygen atoms in total. The van der Waals surface area contributed by atoms with Crippen molar-refractivity contribution in [2.45, 2.75) is 45.2 Å². The normalized spacial score (nSPS) is 20.6. The molecule has 1 aliphatic rings. The van der Waals surface area contributed by atoms with Gasteiger partial charge in [-0.2, -0.15) is 0 Å². The second-order valence-corrected chi connectivity index (χ2v) is 5.71. The van der Waals surface area contributed by atoms with Gasteiger partial charge in [-0.3, -0.25) is 10.1 Å². The lowest BCUT2D eigenvalue weighted by Gasteiger charge is -2.24. The third-order valence-corrected chi connectivity index (χ3v) is 3.92. The molecule has 1 saturated heterocycles. The summed E-state index contributed by atoms with van der Waals surface area (Å²) >= 11 is 0. The van der Waals surface area contributed by atoms with Crippen molar-refractivity contribution in [1.82, 2.24) is 4.90 Å². The molecule has 0 amide bonds. The standard InChI is InChI=1S/C15H23N3O2/c1-12(2)17-9-4-6-13(8-10-17)16-14-5-3-7-15(11-14)18(19)20/h3,5,7,11-13,16H,4,6,8-10H2,1-2H3. The van der Waals surface area contributed by atoms with Crippen LogP contribution in [0.1, 0.15) is 33.1 Å². The number of hydrogen-bond acceptors (Lipinski definition) is 4. The van der Waals surface area contributed by atoms with Crippen LogP contribution in [0.3, 0.4) is 0 Å². The van der Waals surface area contributed by atoms with Crippen LogP contribution in [-0.2, 0) is 0 Å². The van der Waals surface area contributed by atoms with Crippen LogP contribution in [0.15, 0.2) is 24.3 Å². The second kappa shape index (κ2) is 6.70. The van der Waals surface area contributed by atoms with Gasteiger partial charge in [-0.1, -0.05) is 6.07 Å². The van der Waals surface area contributed by atoms with Gasteiger partial charge in [0.1, 0.15) is 0 Å².